The summed E-state index contributed by atoms with van der Waals surface area (Å²) >= 11 is 6.90. The van der Waals surface area contributed by atoms with E-state index in [0.717, 1.165) is 4.47 Å². The minimum atomic E-state index is -0.418. The van der Waals surface area contributed by atoms with Crippen molar-refractivity contribution in [2.75, 3.05) is 14.2 Å². The van der Waals surface area contributed by atoms with E-state index < -0.39 is 5.91 Å². The Morgan fingerprint density at radius 1 is 1.06 bits per heavy atom. The van der Waals surface area contributed by atoms with E-state index in [0.29, 0.717) is 38.4 Å². The molecule has 0 aliphatic heterocycles. The lowest BCUT2D eigenvalue weighted by Crippen LogP contribution is -2.17. The van der Waals surface area contributed by atoms with Gasteiger partial charge in [0.25, 0.3) is 5.91 Å². The van der Waals surface area contributed by atoms with E-state index in [-0.39, 0.29) is 12.4 Å². The van der Waals surface area contributed by atoms with Crippen LogP contribution in [-0.2, 0) is 6.61 Å². The number of halogens is 3. The molecule has 3 aromatic rings. The van der Waals surface area contributed by atoms with Crippen LogP contribution in [0.2, 0.25) is 0 Å². The molecule has 3 aromatic carbocycles. The summed E-state index contributed by atoms with van der Waals surface area (Å²) in [6, 6.07) is 14.6. The molecule has 0 unspecified atom stereocenters. The fourth-order valence-corrected chi connectivity index (χ4v) is 4.19. The summed E-state index contributed by atoms with van der Waals surface area (Å²) in [6.07, 6.45) is 1.47. The lowest BCUT2D eigenvalue weighted by Gasteiger charge is -2.12. The first-order valence-corrected chi connectivity index (χ1v) is 10.9. The summed E-state index contributed by atoms with van der Waals surface area (Å²) in [5, 5.41) is 4.05. The molecule has 6 nitrogen and oxygen atoms in total. The third-order valence-corrected chi connectivity index (χ3v) is 5.37. The van der Waals surface area contributed by atoms with Gasteiger partial charge in [0.05, 0.1) is 24.9 Å². The zero-order valence-corrected chi connectivity index (χ0v) is 20.4. The average molecular weight is 566 g/mol. The lowest BCUT2D eigenvalue weighted by molar-refractivity contribution is 0.0954. The SMILES string of the molecule is COc1ccc(C(=O)N/N=C/c2cc(Br)cc(Br)c2OCc2cccc(F)c2)cc1OC. The van der Waals surface area contributed by atoms with Gasteiger partial charge in [0, 0.05) is 15.6 Å². The predicted molar refractivity (Wildman–Crippen MR) is 127 cm³/mol. The number of benzene rings is 3. The van der Waals surface area contributed by atoms with Gasteiger partial charge in [-0.1, -0.05) is 28.1 Å². The second kappa shape index (κ2) is 11.1. The number of methoxy groups -OCH3 is 2. The van der Waals surface area contributed by atoms with E-state index in [1.54, 1.807) is 36.4 Å². The normalized spacial score (nSPS) is 10.8. The summed E-state index contributed by atoms with van der Waals surface area (Å²) in [5.74, 6) is 0.709. The van der Waals surface area contributed by atoms with Crippen molar-refractivity contribution in [2.24, 2.45) is 5.10 Å². The molecule has 0 saturated heterocycles. The minimum absolute atomic E-state index is 0.164. The zero-order chi connectivity index (χ0) is 23.1. The van der Waals surface area contributed by atoms with Crippen molar-refractivity contribution in [3.8, 4) is 17.2 Å². The van der Waals surface area contributed by atoms with Crippen LogP contribution in [0.5, 0.6) is 17.2 Å². The highest BCUT2D eigenvalue weighted by Gasteiger charge is 2.12. The molecule has 0 heterocycles. The third kappa shape index (κ3) is 6.08. The van der Waals surface area contributed by atoms with Gasteiger partial charge in [0.2, 0.25) is 0 Å². The fourth-order valence-electron chi connectivity index (χ4n) is 2.81. The number of hydrogen-bond donors (Lipinski definition) is 1. The molecular formula is C23H19Br2FN2O4. The average Bonchev–Trinajstić information content (AvgIpc) is 2.77. The first-order chi connectivity index (χ1) is 15.4. The molecule has 3 rings (SSSR count). The van der Waals surface area contributed by atoms with E-state index >= 15 is 0 Å². The van der Waals surface area contributed by atoms with Gasteiger partial charge >= 0.3 is 0 Å². The molecule has 0 aromatic heterocycles. The molecule has 0 aliphatic rings. The van der Waals surface area contributed by atoms with Gasteiger partial charge in [-0.2, -0.15) is 5.10 Å². The van der Waals surface area contributed by atoms with Crippen molar-refractivity contribution < 1.29 is 23.4 Å². The number of carbonyl (C=O) groups is 1. The number of rotatable bonds is 8. The molecule has 1 amide bonds. The van der Waals surface area contributed by atoms with E-state index in [2.05, 4.69) is 42.4 Å². The topological polar surface area (TPSA) is 69.2 Å². The first kappa shape index (κ1) is 23.7. The highest BCUT2D eigenvalue weighted by Crippen LogP contribution is 2.33. The Hall–Kier alpha value is -2.91. The Morgan fingerprint density at radius 3 is 2.56 bits per heavy atom. The van der Waals surface area contributed by atoms with Gasteiger partial charge in [-0.05, 0) is 64.0 Å². The number of nitrogens with one attached hydrogen (secondary N) is 1. The summed E-state index contributed by atoms with van der Waals surface area (Å²) in [7, 11) is 3.01. The van der Waals surface area contributed by atoms with Gasteiger partial charge in [-0.3, -0.25) is 4.79 Å². The maximum atomic E-state index is 13.4. The van der Waals surface area contributed by atoms with Crippen molar-refractivity contribution in [2.45, 2.75) is 6.61 Å². The summed E-state index contributed by atoms with van der Waals surface area (Å²) in [4.78, 5) is 12.5. The van der Waals surface area contributed by atoms with Crippen molar-refractivity contribution in [1.29, 1.82) is 0 Å². The maximum Gasteiger partial charge on any atom is 0.271 e. The van der Waals surface area contributed by atoms with E-state index in [4.69, 9.17) is 14.2 Å². The van der Waals surface area contributed by atoms with Crippen molar-refractivity contribution in [3.05, 3.63) is 86.1 Å². The molecule has 9 heteroatoms. The Labute approximate surface area is 201 Å². The molecular weight excluding hydrogens is 547 g/mol. The Balaban J connectivity index is 1.75. The Bertz CT molecular complexity index is 1150. The van der Waals surface area contributed by atoms with Crippen LogP contribution in [0.25, 0.3) is 0 Å². The van der Waals surface area contributed by atoms with E-state index in [9.17, 15) is 9.18 Å². The Kier molecular flexibility index (Phi) is 8.24. The van der Waals surface area contributed by atoms with Crippen LogP contribution in [0.1, 0.15) is 21.5 Å². The van der Waals surface area contributed by atoms with Crippen LogP contribution < -0.4 is 19.6 Å². The number of hydrogen-bond acceptors (Lipinski definition) is 5. The number of nitrogens with zero attached hydrogens (tertiary/aromatic N) is 1. The number of carbonyl (C=O) groups excluding carboxylic acids is 1. The molecule has 0 bridgehead atoms. The quantitative estimate of drug-likeness (QED) is 0.280. The largest absolute Gasteiger partial charge is 0.493 e. The van der Waals surface area contributed by atoms with Crippen LogP contribution in [0.4, 0.5) is 4.39 Å². The number of hydrazone groups is 1. The standard InChI is InChI=1S/C23H19Br2FN2O4/c1-30-20-7-6-15(10-21(20)31-2)23(29)28-27-12-16-9-17(24)11-19(25)22(16)32-13-14-4-3-5-18(26)8-14/h3-12H,13H2,1-2H3,(H,28,29)/b27-12+. The Morgan fingerprint density at radius 2 is 1.84 bits per heavy atom. The smallest absolute Gasteiger partial charge is 0.271 e. The van der Waals surface area contributed by atoms with E-state index in [1.807, 2.05) is 6.07 Å². The summed E-state index contributed by atoms with van der Waals surface area (Å²) in [5.41, 5.74) is 4.13. The van der Waals surface area contributed by atoms with Gasteiger partial charge in [-0.15, -0.1) is 0 Å². The molecule has 0 spiro atoms. The maximum absolute atomic E-state index is 13.4. The van der Waals surface area contributed by atoms with Crippen molar-refractivity contribution in [1.82, 2.24) is 5.43 Å². The second-order valence-corrected chi connectivity index (χ2v) is 8.26. The van der Waals surface area contributed by atoms with Crippen LogP contribution in [0.3, 0.4) is 0 Å². The van der Waals surface area contributed by atoms with E-state index in [1.165, 1.54) is 32.6 Å². The summed E-state index contributed by atoms with van der Waals surface area (Å²) in [6.45, 7) is 0.164. The molecule has 1 N–H and O–H groups in total. The lowest BCUT2D eigenvalue weighted by atomic mass is 10.2. The van der Waals surface area contributed by atoms with Crippen LogP contribution >= 0.6 is 31.9 Å². The highest BCUT2D eigenvalue weighted by molar-refractivity contribution is 9.11. The summed E-state index contributed by atoms with van der Waals surface area (Å²) < 4.78 is 31.2. The van der Waals surface area contributed by atoms with Gasteiger partial charge < -0.3 is 14.2 Å². The first-order valence-electron chi connectivity index (χ1n) is 9.33. The molecule has 0 saturated carbocycles. The number of ether oxygens (including phenoxy) is 3. The number of amides is 1. The highest BCUT2D eigenvalue weighted by atomic mass is 79.9. The molecule has 32 heavy (non-hydrogen) atoms. The van der Waals surface area contributed by atoms with Crippen LogP contribution in [0.15, 0.2) is 68.6 Å². The zero-order valence-electron chi connectivity index (χ0n) is 17.2. The molecule has 0 fully saturated rings. The molecule has 0 radical (unpaired) electrons. The van der Waals surface area contributed by atoms with Gasteiger partial charge in [0.15, 0.2) is 11.5 Å². The fraction of sp³-hybridized carbons (Fsp3) is 0.130. The van der Waals surface area contributed by atoms with Crippen LogP contribution in [-0.4, -0.2) is 26.3 Å². The monoisotopic (exact) mass is 564 g/mol. The molecule has 0 atom stereocenters. The van der Waals surface area contributed by atoms with Crippen molar-refractivity contribution in [3.63, 3.8) is 0 Å². The molecule has 0 aliphatic carbocycles. The molecule has 166 valence electrons. The van der Waals surface area contributed by atoms with Gasteiger partial charge in [-0.25, -0.2) is 9.82 Å². The van der Waals surface area contributed by atoms with Crippen molar-refractivity contribution >= 4 is 44.0 Å². The van der Waals surface area contributed by atoms with Gasteiger partial charge in [0.1, 0.15) is 18.2 Å². The third-order valence-electron chi connectivity index (χ3n) is 4.32. The van der Waals surface area contributed by atoms with Crippen LogP contribution in [0, 0.1) is 5.82 Å². The minimum Gasteiger partial charge on any atom is -0.493 e. The second-order valence-electron chi connectivity index (χ2n) is 6.49. The predicted octanol–water partition coefficient (Wildman–Crippen LogP) is 5.71.